The lowest BCUT2D eigenvalue weighted by Gasteiger charge is -2.30. The second-order valence-electron chi connectivity index (χ2n) is 6.32. The van der Waals surface area contributed by atoms with Gasteiger partial charge in [0.15, 0.2) is 12.4 Å². The first-order chi connectivity index (χ1) is 13.4. The van der Waals surface area contributed by atoms with Crippen LogP contribution in [0.15, 0.2) is 41.0 Å². The molecule has 0 saturated carbocycles. The van der Waals surface area contributed by atoms with E-state index in [1.165, 1.54) is 18.4 Å². The number of furan rings is 1. The molecule has 1 aliphatic heterocycles. The normalized spacial score (nSPS) is 14.6. The number of hydrogen-bond acceptors (Lipinski definition) is 5. The van der Waals surface area contributed by atoms with Crippen LogP contribution in [0.2, 0.25) is 5.02 Å². The van der Waals surface area contributed by atoms with Crippen molar-refractivity contribution < 1.29 is 27.9 Å². The molecule has 9 heteroatoms. The largest absolute Gasteiger partial charge is 0.459 e. The van der Waals surface area contributed by atoms with E-state index in [1.54, 1.807) is 17.0 Å². The Balaban J connectivity index is 1.44. The second kappa shape index (κ2) is 8.88. The predicted octanol–water partition coefficient (Wildman–Crippen LogP) is 3.11. The van der Waals surface area contributed by atoms with Gasteiger partial charge in [0.25, 0.3) is 11.8 Å². The van der Waals surface area contributed by atoms with Gasteiger partial charge in [0.2, 0.25) is 0 Å². The number of esters is 1. The first kappa shape index (κ1) is 19.9. The van der Waals surface area contributed by atoms with Crippen LogP contribution >= 0.6 is 11.6 Å². The highest BCUT2D eigenvalue weighted by molar-refractivity contribution is 6.30. The molecule has 0 unspecified atom stereocenters. The zero-order chi connectivity index (χ0) is 20.1. The van der Waals surface area contributed by atoms with Crippen molar-refractivity contribution >= 4 is 35.1 Å². The number of rotatable bonds is 5. The standard InChI is InChI=1S/C19H18ClFN2O5/c20-13-3-4-14(21)15(10-13)22-17(24)11-28-19(26)12-5-7-23(8-6-12)18(25)16-2-1-9-27-16/h1-4,9-10,12H,5-8,11H2,(H,22,24). The van der Waals surface area contributed by atoms with Crippen LogP contribution in [0.5, 0.6) is 0 Å². The average Bonchev–Trinajstić information content (AvgIpc) is 3.23. The van der Waals surface area contributed by atoms with Crippen molar-refractivity contribution in [2.45, 2.75) is 12.8 Å². The highest BCUT2D eigenvalue weighted by Crippen LogP contribution is 2.21. The van der Waals surface area contributed by atoms with Gasteiger partial charge in [-0.25, -0.2) is 4.39 Å². The molecule has 2 amide bonds. The van der Waals surface area contributed by atoms with Gasteiger partial charge < -0.3 is 19.4 Å². The van der Waals surface area contributed by atoms with Gasteiger partial charge in [-0.3, -0.25) is 14.4 Å². The molecule has 0 spiro atoms. The van der Waals surface area contributed by atoms with Crippen LogP contribution < -0.4 is 5.32 Å². The summed E-state index contributed by atoms with van der Waals surface area (Å²) in [5.41, 5.74) is -0.0849. The van der Waals surface area contributed by atoms with Gasteiger partial charge >= 0.3 is 5.97 Å². The van der Waals surface area contributed by atoms with E-state index in [0.29, 0.717) is 25.9 Å². The third-order valence-electron chi connectivity index (χ3n) is 4.40. The molecule has 1 N–H and O–H groups in total. The summed E-state index contributed by atoms with van der Waals surface area (Å²) < 4.78 is 23.7. The van der Waals surface area contributed by atoms with Gasteiger partial charge in [0, 0.05) is 18.1 Å². The van der Waals surface area contributed by atoms with Gasteiger partial charge in [-0.2, -0.15) is 0 Å². The van der Waals surface area contributed by atoms with E-state index in [2.05, 4.69) is 5.32 Å². The minimum absolute atomic E-state index is 0.0849. The lowest BCUT2D eigenvalue weighted by atomic mass is 9.97. The molecule has 1 saturated heterocycles. The Labute approximate surface area is 165 Å². The van der Waals surface area contributed by atoms with Gasteiger partial charge in [-0.1, -0.05) is 11.6 Å². The fourth-order valence-corrected chi connectivity index (χ4v) is 3.08. The van der Waals surface area contributed by atoms with Crippen LogP contribution in [0, 0.1) is 11.7 Å². The average molecular weight is 409 g/mol. The monoisotopic (exact) mass is 408 g/mol. The van der Waals surface area contributed by atoms with Crippen molar-refractivity contribution in [1.29, 1.82) is 0 Å². The summed E-state index contributed by atoms with van der Waals surface area (Å²) in [4.78, 5) is 37.8. The quantitative estimate of drug-likeness (QED) is 0.768. The number of likely N-dealkylation sites (tertiary alicyclic amines) is 1. The number of benzene rings is 1. The number of anilines is 1. The van der Waals surface area contributed by atoms with E-state index in [1.807, 2.05) is 0 Å². The van der Waals surface area contributed by atoms with E-state index < -0.39 is 30.2 Å². The fraction of sp³-hybridized carbons (Fsp3) is 0.316. The highest BCUT2D eigenvalue weighted by atomic mass is 35.5. The molecular formula is C19H18ClFN2O5. The molecule has 7 nitrogen and oxygen atoms in total. The number of hydrogen-bond donors (Lipinski definition) is 1. The van der Waals surface area contributed by atoms with E-state index >= 15 is 0 Å². The number of nitrogens with one attached hydrogen (secondary N) is 1. The summed E-state index contributed by atoms with van der Waals surface area (Å²) in [5.74, 6) is -2.20. The maximum absolute atomic E-state index is 13.6. The van der Waals surface area contributed by atoms with Gasteiger partial charge in [0.1, 0.15) is 5.82 Å². The minimum atomic E-state index is -0.667. The summed E-state index contributed by atoms with van der Waals surface area (Å²) in [7, 11) is 0. The lowest BCUT2D eigenvalue weighted by Crippen LogP contribution is -2.40. The minimum Gasteiger partial charge on any atom is -0.459 e. The topological polar surface area (TPSA) is 88.9 Å². The molecular weight excluding hydrogens is 391 g/mol. The Morgan fingerprint density at radius 2 is 2.00 bits per heavy atom. The van der Waals surface area contributed by atoms with Gasteiger partial charge in [-0.15, -0.1) is 0 Å². The maximum Gasteiger partial charge on any atom is 0.309 e. The maximum atomic E-state index is 13.6. The zero-order valence-electron chi connectivity index (χ0n) is 14.8. The summed E-state index contributed by atoms with van der Waals surface area (Å²) in [6.45, 7) is 0.245. The smallest absolute Gasteiger partial charge is 0.309 e. The number of ether oxygens (including phenoxy) is 1. The van der Waals surface area contributed by atoms with Crippen LogP contribution in [-0.2, 0) is 14.3 Å². The van der Waals surface area contributed by atoms with Crippen molar-refractivity contribution in [2.24, 2.45) is 5.92 Å². The summed E-state index contributed by atoms with van der Waals surface area (Å²) >= 11 is 5.76. The molecule has 1 aromatic carbocycles. The van der Waals surface area contributed by atoms with Crippen LogP contribution in [0.3, 0.4) is 0 Å². The molecule has 0 atom stereocenters. The molecule has 0 bridgehead atoms. The number of halogens is 2. The predicted molar refractivity (Wildman–Crippen MR) is 98.3 cm³/mol. The molecule has 3 rings (SSSR count). The molecule has 2 aromatic rings. The molecule has 1 aromatic heterocycles. The summed E-state index contributed by atoms with van der Waals surface area (Å²) in [6.07, 6.45) is 2.28. The molecule has 28 heavy (non-hydrogen) atoms. The van der Waals surface area contributed by atoms with E-state index in [9.17, 15) is 18.8 Å². The van der Waals surface area contributed by atoms with Gasteiger partial charge in [0.05, 0.1) is 17.9 Å². The molecule has 1 fully saturated rings. The Morgan fingerprint density at radius 1 is 1.25 bits per heavy atom. The summed E-state index contributed by atoms with van der Waals surface area (Å²) in [6, 6.07) is 6.97. The number of carbonyl (C=O) groups is 3. The first-order valence-corrected chi connectivity index (χ1v) is 9.06. The fourth-order valence-electron chi connectivity index (χ4n) is 2.91. The summed E-state index contributed by atoms with van der Waals surface area (Å²) in [5, 5.41) is 2.58. The Bertz CT molecular complexity index is 863. The van der Waals surface area contributed by atoms with Crippen molar-refractivity contribution in [3.63, 3.8) is 0 Å². The van der Waals surface area contributed by atoms with Crippen molar-refractivity contribution in [1.82, 2.24) is 4.90 Å². The molecule has 0 aliphatic carbocycles. The number of amides is 2. The molecule has 2 heterocycles. The van der Waals surface area contributed by atoms with Crippen molar-refractivity contribution in [2.75, 3.05) is 25.0 Å². The number of piperidine rings is 1. The van der Waals surface area contributed by atoms with Crippen LogP contribution in [0.1, 0.15) is 23.4 Å². The Kier molecular flexibility index (Phi) is 6.30. The van der Waals surface area contributed by atoms with E-state index in [4.69, 9.17) is 20.8 Å². The molecule has 148 valence electrons. The lowest BCUT2D eigenvalue weighted by molar-refractivity contribution is -0.152. The van der Waals surface area contributed by atoms with E-state index in [-0.39, 0.29) is 22.4 Å². The van der Waals surface area contributed by atoms with Crippen LogP contribution in [-0.4, -0.2) is 42.4 Å². The zero-order valence-corrected chi connectivity index (χ0v) is 15.6. The van der Waals surface area contributed by atoms with Gasteiger partial charge in [-0.05, 0) is 43.2 Å². The van der Waals surface area contributed by atoms with Crippen LogP contribution in [0.25, 0.3) is 0 Å². The molecule has 1 aliphatic rings. The third kappa shape index (κ3) is 4.89. The third-order valence-corrected chi connectivity index (χ3v) is 4.63. The second-order valence-corrected chi connectivity index (χ2v) is 6.76. The molecule has 0 radical (unpaired) electrons. The van der Waals surface area contributed by atoms with Crippen LogP contribution in [0.4, 0.5) is 10.1 Å². The number of nitrogens with zero attached hydrogens (tertiary/aromatic N) is 1. The number of carbonyl (C=O) groups excluding carboxylic acids is 3. The SMILES string of the molecule is O=C(COC(=O)C1CCN(C(=O)c2ccco2)CC1)Nc1cc(Cl)ccc1F. The Morgan fingerprint density at radius 3 is 2.68 bits per heavy atom. The van der Waals surface area contributed by atoms with Crippen molar-refractivity contribution in [3.05, 3.63) is 53.2 Å². The first-order valence-electron chi connectivity index (χ1n) is 8.68. The van der Waals surface area contributed by atoms with E-state index in [0.717, 1.165) is 6.07 Å². The van der Waals surface area contributed by atoms with Crippen molar-refractivity contribution in [3.8, 4) is 0 Å². The highest BCUT2D eigenvalue weighted by Gasteiger charge is 2.30. The Hall–Kier alpha value is -2.87.